The van der Waals surface area contributed by atoms with Crippen molar-refractivity contribution < 1.29 is 0 Å². The maximum atomic E-state index is 5.94. The molecule has 0 nitrogen and oxygen atoms in total. The highest BCUT2D eigenvalue weighted by Crippen LogP contribution is 2.48. The Bertz CT molecular complexity index is 365. The van der Waals surface area contributed by atoms with E-state index in [9.17, 15) is 0 Å². The van der Waals surface area contributed by atoms with Gasteiger partial charge in [0.1, 0.15) is 0 Å². The standard InChI is InChI=1S/C11H9Cl/c12-9-3-4-10-7-1-2-8(5-7)11(10)6-9/h1-4,6-8H,5H2. The number of halogens is 1. The van der Waals surface area contributed by atoms with Gasteiger partial charge in [-0.15, -0.1) is 0 Å². The van der Waals surface area contributed by atoms with Gasteiger partial charge in [-0.2, -0.15) is 0 Å². The van der Waals surface area contributed by atoms with Gasteiger partial charge in [0.2, 0.25) is 0 Å². The number of fused-ring (bicyclic) bond motifs is 5. The van der Waals surface area contributed by atoms with Crippen LogP contribution in [0.25, 0.3) is 0 Å². The van der Waals surface area contributed by atoms with E-state index in [4.69, 9.17) is 11.6 Å². The molecule has 1 aromatic carbocycles. The fraction of sp³-hybridized carbons (Fsp3) is 0.273. The molecule has 2 atom stereocenters. The third-order valence-electron chi connectivity index (χ3n) is 2.93. The van der Waals surface area contributed by atoms with Crippen LogP contribution in [0.5, 0.6) is 0 Å². The average molecular weight is 177 g/mol. The summed E-state index contributed by atoms with van der Waals surface area (Å²) in [6.07, 6.45) is 5.90. The highest BCUT2D eigenvalue weighted by atomic mass is 35.5. The van der Waals surface area contributed by atoms with Crippen LogP contribution < -0.4 is 0 Å². The minimum Gasteiger partial charge on any atom is -0.0843 e. The molecule has 0 spiro atoms. The van der Waals surface area contributed by atoms with Gasteiger partial charge < -0.3 is 0 Å². The Morgan fingerprint density at radius 1 is 1.08 bits per heavy atom. The second-order valence-electron chi connectivity index (χ2n) is 3.61. The Labute approximate surface area is 76.9 Å². The minimum atomic E-state index is 0.656. The van der Waals surface area contributed by atoms with Crippen LogP contribution in [0.4, 0.5) is 0 Å². The highest BCUT2D eigenvalue weighted by molar-refractivity contribution is 6.30. The summed E-state index contributed by atoms with van der Waals surface area (Å²) in [4.78, 5) is 0. The molecule has 0 radical (unpaired) electrons. The molecule has 2 unspecified atom stereocenters. The molecular weight excluding hydrogens is 168 g/mol. The predicted molar refractivity (Wildman–Crippen MR) is 50.7 cm³/mol. The summed E-state index contributed by atoms with van der Waals surface area (Å²) in [5.74, 6) is 1.34. The van der Waals surface area contributed by atoms with Crippen LogP contribution >= 0.6 is 11.6 Å². The topological polar surface area (TPSA) is 0 Å². The quantitative estimate of drug-likeness (QED) is 0.531. The lowest BCUT2D eigenvalue weighted by atomic mass is 9.97. The maximum absolute atomic E-state index is 5.94. The van der Waals surface area contributed by atoms with E-state index in [0.717, 1.165) is 5.02 Å². The summed E-state index contributed by atoms with van der Waals surface area (Å²) in [5, 5.41) is 0.870. The van der Waals surface area contributed by atoms with Crippen LogP contribution in [0, 0.1) is 0 Å². The Morgan fingerprint density at radius 3 is 2.67 bits per heavy atom. The SMILES string of the molecule is Clc1ccc2c(c1)C1C=CC2C1. The normalized spacial score (nSPS) is 29.4. The van der Waals surface area contributed by atoms with Gasteiger partial charge in [-0.05, 0) is 29.7 Å². The van der Waals surface area contributed by atoms with Gasteiger partial charge in [0.25, 0.3) is 0 Å². The second kappa shape index (κ2) is 2.14. The number of hydrogen-bond acceptors (Lipinski definition) is 0. The molecule has 1 heteroatoms. The van der Waals surface area contributed by atoms with Crippen LogP contribution in [0.3, 0.4) is 0 Å². The maximum Gasteiger partial charge on any atom is 0.0409 e. The second-order valence-corrected chi connectivity index (χ2v) is 4.04. The first kappa shape index (κ1) is 6.73. The first-order valence-electron chi connectivity index (χ1n) is 4.32. The Morgan fingerprint density at radius 2 is 1.83 bits per heavy atom. The number of hydrogen-bond donors (Lipinski definition) is 0. The van der Waals surface area contributed by atoms with E-state index in [1.54, 1.807) is 0 Å². The molecule has 0 fully saturated rings. The summed E-state index contributed by atoms with van der Waals surface area (Å²) in [5.41, 5.74) is 2.95. The molecule has 0 heterocycles. The van der Waals surface area contributed by atoms with Crippen molar-refractivity contribution in [2.75, 3.05) is 0 Å². The van der Waals surface area contributed by atoms with E-state index in [1.807, 2.05) is 6.07 Å². The van der Waals surface area contributed by atoms with Crippen LogP contribution in [-0.4, -0.2) is 0 Å². The molecule has 0 aromatic heterocycles. The van der Waals surface area contributed by atoms with Gasteiger partial charge in [-0.25, -0.2) is 0 Å². The molecule has 2 bridgehead atoms. The van der Waals surface area contributed by atoms with Crippen molar-refractivity contribution in [1.29, 1.82) is 0 Å². The van der Waals surface area contributed by atoms with E-state index >= 15 is 0 Å². The first-order valence-corrected chi connectivity index (χ1v) is 4.70. The summed E-state index contributed by atoms with van der Waals surface area (Å²) in [6, 6.07) is 6.28. The molecule has 2 aliphatic rings. The van der Waals surface area contributed by atoms with E-state index in [1.165, 1.54) is 17.5 Å². The lowest BCUT2D eigenvalue weighted by molar-refractivity contribution is 0.804. The third kappa shape index (κ3) is 0.736. The van der Waals surface area contributed by atoms with Crippen molar-refractivity contribution in [2.45, 2.75) is 18.3 Å². The monoisotopic (exact) mass is 176 g/mol. The zero-order valence-corrected chi connectivity index (χ0v) is 7.38. The molecule has 3 rings (SSSR count). The molecule has 60 valence electrons. The van der Waals surface area contributed by atoms with Gasteiger partial charge in [-0.3, -0.25) is 0 Å². The average Bonchev–Trinajstić information content (AvgIpc) is 2.63. The van der Waals surface area contributed by atoms with Crippen molar-refractivity contribution in [3.8, 4) is 0 Å². The lowest BCUT2D eigenvalue weighted by Gasteiger charge is -2.09. The molecule has 0 amide bonds. The smallest absolute Gasteiger partial charge is 0.0409 e. The molecule has 0 aliphatic heterocycles. The summed E-state index contributed by atoms with van der Waals surface area (Å²) >= 11 is 5.94. The van der Waals surface area contributed by atoms with Crippen molar-refractivity contribution in [3.05, 3.63) is 46.5 Å². The van der Waals surface area contributed by atoms with Crippen molar-refractivity contribution in [2.24, 2.45) is 0 Å². The highest BCUT2D eigenvalue weighted by Gasteiger charge is 2.32. The molecule has 0 saturated carbocycles. The summed E-state index contributed by atoms with van der Waals surface area (Å²) in [6.45, 7) is 0. The molecular formula is C11H9Cl. The number of benzene rings is 1. The minimum absolute atomic E-state index is 0.656. The molecule has 2 aliphatic carbocycles. The fourth-order valence-corrected chi connectivity index (χ4v) is 2.55. The Kier molecular flexibility index (Phi) is 1.20. The van der Waals surface area contributed by atoms with E-state index in [0.29, 0.717) is 11.8 Å². The van der Waals surface area contributed by atoms with E-state index in [-0.39, 0.29) is 0 Å². The summed E-state index contributed by atoms with van der Waals surface area (Å²) in [7, 11) is 0. The van der Waals surface area contributed by atoms with E-state index < -0.39 is 0 Å². The number of allylic oxidation sites excluding steroid dienone is 2. The Hall–Kier alpha value is -0.750. The zero-order valence-electron chi connectivity index (χ0n) is 6.63. The van der Waals surface area contributed by atoms with Gasteiger partial charge in [-0.1, -0.05) is 29.8 Å². The molecule has 1 aromatic rings. The lowest BCUT2D eigenvalue weighted by Crippen LogP contribution is -1.91. The predicted octanol–water partition coefficient (Wildman–Crippen LogP) is 3.48. The van der Waals surface area contributed by atoms with Crippen LogP contribution in [-0.2, 0) is 0 Å². The largest absolute Gasteiger partial charge is 0.0843 e. The molecule has 0 N–H and O–H groups in total. The first-order chi connectivity index (χ1) is 5.84. The van der Waals surface area contributed by atoms with Gasteiger partial charge in [0.15, 0.2) is 0 Å². The summed E-state index contributed by atoms with van der Waals surface area (Å²) < 4.78 is 0. The van der Waals surface area contributed by atoms with Crippen LogP contribution in [0.15, 0.2) is 30.4 Å². The van der Waals surface area contributed by atoms with Gasteiger partial charge in [0.05, 0.1) is 0 Å². The van der Waals surface area contributed by atoms with Crippen molar-refractivity contribution in [1.82, 2.24) is 0 Å². The van der Waals surface area contributed by atoms with Crippen LogP contribution in [0.1, 0.15) is 29.4 Å². The van der Waals surface area contributed by atoms with E-state index in [2.05, 4.69) is 24.3 Å². The third-order valence-corrected chi connectivity index (χ3v) is 3.17. The van der Waals surface area contributed by atoms with Crippen LogP contribution in [0.2, 0.25) is 5.02 Å². The van der Waals surface area contributed by atoms with Crippen molar-refractivity contribution >= 4 is 11.6 Å². The Balaban J connectivity index is 2.24. The van der Waals surface area contributed by atoms with Crippen molar-refractivity contribution in [3.63, 3.8) is 0 Å². The van der Waals surface area contributed by atoms with Gasteiger partial charge >= 0.3 is 0 Å². The zero-order chi connectivity index (χ0) is 8.13. The molecule has 12 heavy (non-hydrogen) atoms. The number of rotatable bonds is 0. The van der Waals surface area contributed by atoms with Gasteiger partial charge in [0, 0.05) is 16.9 Å². The molecule has 0 saturated heterocycles. The fourth-order valence-electron chi connectivity index (χ4n) is 2.36.